The van der Waals surface area contributed by atoms with Gasteiger partial charge in [-0.1, -0.05) is 11.6 Å². The van der Waals surface area contributed by atoms with Crippen LogP contribution in [0.2, 0.25) is 5.15 Å². The van der Waals surface area contributed by atoms with Crippen LogP contribution in [0.3, 0.4) is 0 Å². The first-order valence-corrected chi connectivity index (χ1v) is 5.55. The largest absolute Gasteiger partial charge is 0.396 e. The molecule has 1 heterocycles. The summed E-state index contributed by atoms with van der Waals surface area (Å²) < 4.78 is 0. The fourth-order valence-electron chi connectivity index (χ4n) is 1.87. The van der Waals surface area contributed by atoms with Crippen LogP contribution in [0.4, 0.5) is 11.8 Å². The van der Waals surface area contributed by atoms with Crippen molar-refractivity contribution in [3.63, 3.8) is 0 Å². The summed E-state index contributed by atoms with van der Waals surface area (Å²) in [7, 11) is 0. The Balaban J connectivity index is 2.27. The van der Waals surface area contributed by atoms with Crippen molar-refractivity contribution in [1.29, 1.82) is 0 Å². The molecule has 0 saturated heterocycles. The second-order valence-corrected chi connectivity index (χ2v) is 4.17. The van der Waals surface area contributed by atoms with Gasteiger partial charge in [0.15, 0.2) is 5.82 Å². The Labute approximate surface area is 98.4 Å². The number of halogens is 1. The fraction of sp³-hybridized carbons (Fsp3) is 0.500. The molecule has 2 rings (SSSR count). The van der Waals surface area contributed by atoms with Gasteiger partial charge in [0.25, 0.3) is 0 Å². The lowest BCUT2D eigenvalue weighted by molar-refractivity contribution is 0.261. The number of rotatable bonds is 2. The van der Waals surface area contributed by atoms with Gasteiger partial charge in [-0.15, -0.1) is 0 Å². The molecule has 1 aliphatic carbocycles. The zero-order valence-corrected chi connectivity index (χ0v) is 9.48. The van der Waals surface area contributed by atoms with Crippen molar-refractivity contribution >= 4 is 29.1 Å². The third kappa shape index (κ3) is 2.48. The molecule has 1 fully saturated rings. The van der Waals surface area contributed by atoms with Crippen molar-refractivity contribution in [2.75, 3.05) is 12.3 Å². The van der Waals surface area contributed by atoms with Crippen LogP contribution >= 0.6 is 11.6 Å². The van der Waals surface area contributed by atoms with Gasteiger partial charge in [0.1, 0.15) is 5.15 Å². The number of nitrogens with zero attached hydrogens (tertiary/aromatic N) is 3. The fourth-order valence-corrected chi connectivity index (χ4v) is 2.06. The van der Waals surface area contributed by atoms with Crippen molar-refractivity contribution in [2.45, 2.75) is 19.3 Å². The molecule has 1 atom stereocenters. The SMILES string of the molecule is Nc1nc(Cl)cc(N=C2CCC[C@@H]2CO)n1. The molecular formula is C10H13ClN4O. The van der Waals surface area contributed by atoms with Crippen LogP contribution in [0.1, 0.15) is 19.3 Å². The second kappa shape index (κ2) is 4.76. The van der Waals surface area contributed by atoms with Crippen LogP contribution in [0, 0.1) is 5.92 Å². The van der Waals surface area contributed by atoms with Crippen LogP contribution in [-0.4, -0.2) is 27.4 Å². The van der Waals surface area contributed by atoms with E-state index >= 15 is 0 Å². The smallest absolute Gasteiger partial charge is 0.223 e. The lowest BCUT2D eigenvalue weighted by Crippen LogP contribution is -2.11. The van der Waals surface area contributed by atoms with Crippen molar-refractivity contribution in [3.05, 3.63) is 11.2 Å². The van der Waals surface area contributed by atoms with Gasteiger partial charge < -0.3 is 10.8 Å². The number of aliphatic imine (C=N–C) groups is 1. The lowest BCUT2D eigenvalue weighted by atomic mass is 10.1. The van der Waals surface area contributed by atoms with E-state index in [0.29, 0.717) is 5.82 Å². The summed E-state index contributed by atoms with van der Waals surface area (Å²) in [6, 6.07) is 1.57. The van der Waals surface area contributed by atoms with E-state index in [-0.39, 0.29) is 23.6 Å². The summed E-state index contributed by atoms with van der Waals surface area (Å²) in [5.41, 5.74) is 6.44. The van der Waals surface area contributed by atoms with E-state index in [1.54, 1.807) is 6.07 Å². The summed E-state index contributed by atoms with van der Waals surface area (Å²) >= 11 is 5.76. The van der Waals surface area contributed by atoms with Crippen LogP contribution in [0.15, 0.2) is 11.1 Å². The molecule has 1 aromatic rings. The number of aliphatic hydroxyl groups is 1. The zero-order valence-electron chi connectivity index (χ0n) is 8.73. The number of aliphatic hydroxyl groups excluding tert-OH is 1. The van der Waals surface area contributed by atoms with Gasteiger partial charge in [0.05, 0.1) is 6.61 Å². The highest BCUT2D eigenvalue weighted by atomic mass is 35.5. The highest BCUT2D eigenvalue weighted by Gasteiger charge is 2.21. The molecule has 0 aromatic carbocycles. The van der Waals surface area contributed by atoms with Crippen LogP contribution < -0.4 is 5.73 Å². The lowest BCUT2D eigenvalue weighted by Gasteiger charge is -2.06. The third-order valence-corrected chi connectivity index (χ3v) is 2.83. The van der Waals surface area contributed by atoms with E-state index in [1.807, 2.05) is 0 Å². The van der Waals surface area contributed by atoms with Gasteiger partial charge in [0, 0.05) is 17.7 Å². The van der Waals surface area contributed by atoms with Crippen molar-refractivity contribution < 1.29 is 5.11 Å². The Morgan fingerprint density at radius 1 is 1.56 bits per heavy atom. The standard InChI is InChI=1S/C10H13ClN4O/c11-8-4-9(15-10(12)14-8)13-7-3-1-2-6(7)5-16/h4,6,16H,1-3,5H2,(H2,12,14,15)/t6-/m1/s1. The highest BCUT2D eigenvalue weighted by Crippen LogP contribution is 2.25. The summed E-state index contributed by atoms with van der Waals surface area (Å²) in [4.78, 5) is 12.1. The summed E-state index contributed by atoms with van der Waals surface area (Å²) in [5, 5.41) is 9.44. The number of nitrogen functional groups attached to an aromatic ring is 1. The molecular weight excluding hydrogens is 228 g/mol. The number of anilines is 1. The molecule has 86 valence electrons. The van der Waals surface area contributed by atoms with Gasteiger partial charge in [0.2, 0.25) is 5.95 Å². The molecule has 0 radical (unpaired) electrons. The maximum Gasteiger partial charge on any atom is 0.223 e. The monoisotopic (exact) mass is 240 g/mol. The maximum atomic E-state index is 9.16. The van der Waals surface area contributed by atoms with E-state index in [0.717, 1.165) is 25.0 Å². The predicted octanol–water partition coefficient (Wildman–Crippen LogP) is 1.58. The normalized spacial score (nSPS) is 22.9. The van der Waals surface area contributed by atoms with Gasteiger partial charge in [-0.2, -0.15) is 4.98 Å². The molecule has 0 aliphatic heterocycles. The first-order valence-electron chi connectivity index (χ1n) is 5.17. The first-order chi connectivity index (χ1) is 7.69. The van der Waals surface area contributed by atoms with Crippen molar-refractivity contribution in [1.82, 2.24) is 9.97 Å². The Bertz CT molecular complexity index is 401. The van der Waals surface area contributed by atoms with Crippen LogP contribution in [-0.2, 0) is 0 Å². The van der Waals surface area contributed by atoms with E-state index in [2.05, 4.69) is 15.0 Å². The molecule has 0 amide bonds. The predicted molar refractivity (Wildman–Crippen MR) is 63.0 cm³/mol. The van der Waals surface area contributed by atoms with E-state index in [9.17, 15) is 0 Å². The molecule has 0 unspecified atom stereocenters. The Morgan fingerprint density at radius 3 is 3.06 bits per heavy atom. The summed E-state index contributed by atoms with van der Waals surface area (Å²) in [6.45, 7) is 0.132. The van der Waals surface area contributed by atoms with Gasteiger partial charge in [-0.05, 0) is 19.3 Å². The van der Waals surface area contributed by atoms with Gasteiger partial charge >= 0.3 is 0 Å². The first kappa shape index (κ1) is 11.3. The zero-order chi connectivity index (χ0) is 11.5. The van der Waals surface area contributed by atoms with Crippen molar-refractivity contribution in [3.8, 4) is 0 Å². The number of hydrogen-bond acceptors (Lipinski definition) is 5. The number of hydrogen-bond donors (Lipinski definition) is 2. The Morgan fingerprint density at radius 2 is 2.38 bits per heavy atom. The van der Waals surface area contributed by atoms with Crippen molar-refractivity contribution in [2.24, 2.45) is 10.9 Å². The van der Waals surface area contributed by atoms with Gasteiger partial charge in [-0.3, -0.25) is 0 Å². The van der Waals surface area contributed by atoms with E-state index in [4.69, 9.17) is 22.4 Å². The molecule has 3 N–H and O–H groups in total. The summed E-state index contributed by atoms with van der Waals surface area (Å²) in [6.07, 6.45) is 2.93. The van der Waals surface area contributed by atoms with E-state index < -0.39 is 0 Å². The average molecular weight is 241 g/mol. The minimum absolute atomic E-state index is 0.116. The average Bonchev–Trinajstić information content (AvgIpc) is 2.63. The van der Waals surface area contributed by atoms with E-state index in [1.165, 1.54) is 0 Å². The molecule has 5 nitrogen and oxygen atoms in total. The quantitative estimate of drug-likeness (QED) is 0.769. The molecule has 16 heavy (non-hydrogen) atoms. The number of nitrogens with two attached hydrogens (primary N) is 1. The minimum Gasteiger partial charge on any atom is -0.396 e. The highest BCUT2D eigenvalue weighted by molar-refractivity contribution is 6.29. The topological polar surface area (TPSA) is 84.4 Å². The summed E-state index contributed by atoms with van der Waals surface area (Å²) in [5.74, 6) is 0.730. The van der Waals surface area contributed by atoms with Crippen LogP contribution in [0.25, 0.3) is 0 Å². The Kier molecular flexibility index (Phi) is 3.36. The molecule has 6 heteroatoms. The molecule has 1 saturated carbocycles. The molecule has 0 bridgehead atoms. The number of aromatic nitrogens is 2. The van der Waals surface area contributed by atoms with Gasteiger partial charge in [-0.25, -0.2) is 9.98 Å². The second-order valence-electron chi connectivity index (χ2n) is 3.78. The van der Waals surface area contributed by atoms with Crippen LogP contribution in [0.5, 0.6) is 0 Å². The minimum atomic E-state index is 0.116. The molecule has 0 spiro atoms. The molecule has 1 aromatic heterocycles. The maximum absolute atomic E-state index is 9.16. The molecule has 1 aliphatic rings. The third-order valence-electron chi connectivity index (χ3n) is 2.63. The Hall–Kier alpha value is -1.20.